The van der Waals surface area contributed by atoms with Crippen LogP contribution in [-0.4, -0.2) is 23.0 Å². The van der Waals surface area contributed by atoms with Crippen LogP contribution in [0.2, 0.25) is 0 Å². The number of carbonyl (C=O) groups is 1. The summed E-state index contributed by atoms with van der Waals surface area (Å²) in [5, 5.41) is 13.9. The first kappa shape index (κ1) is 14.3. The van der Waals surface area contributed by atoms with Crippen molar-refractivity contribution >= 4 is 5.91 Å². The van der Waals surface area contributed by atoms with Crippen LogP contribution >= 0.6 is 0 Å². The lowest BCUT2D eigenvalue weighted by Gasteiger charge is -2.28. The maximum absolute atomic E-state index is 11.6. The molecule has 1 amide bonds. The number of rotatable bonds is 4. The van der Waals surface area contributed by atoms with E-state index in [1.807, 2.05) is 19.9 Å². The van der Waals surface area contributed by atoms with E-state index in [0.717, 1.165) is 0 Å². The minimum absolute atomic E-state index is 0.0375. The number of carbonyl (C=O) groups excluding carboxylic acids is 1. The second kappa shape index (κ2) is 5.90. The Labute approximate surface area is 117 Å². The number of hydrogen-bond donors (Lipinski definition) is 1. The highest BCUT2D eigenvalue weighted by Crippen LogP contribution is 2.32. The highest BCUT2D eigenvalue weighted by Gasteiger charge is 2.39. The molecule has 0 saturated carbocycles. The van der Waals surface area contributed by atoms with Crippen molar-refractivity contribution in [1.29, 1.82) is 0 Å². The largest absolute Gasteiger partial charge is 0.491 e. The molecule has 108 valence electrons. The van der Waals surface area contributed by atoms with E-state index in [4.69, 9.17) is 4.74 Å². The van der Waals surface area contributed by atoms with Crippen molar-refractivity contribution in [2.24, 2.45) is 0 Å². The number of ether oxygens (including phenoxy) is 1. The SMILES string of the molecule is CC(C)Oc1ccccc1[C@@H]1NC(=O)CC[C@@H]1[N+](=O)[O-]. The number of para-hydroxylation sites is 1. The third kappa shape index (κ3) is 3.07. The topological polar surface area (TPSA) is 81.5 Å². The summed E-state index contributed by atoms with van der Waals surface area (Å²) in [7, 11) is 0. The first-order chi connectivity index (χ1) is 9.49. The van der Waals surface area contributed by atoms with E-state index in [2.05, 4.69) is 5.32 Å². The van der Waals surface area contributed by atoms with Gasteiger partial charge in [0.05, 0.1) is 6.10 Å². The molecule has 1 aromatic rings. The number of benzene rings is 1. The maximum Gasteiger partial charge on any atom is 0.237 e. The van der Waals surface area contributed by atoms with Crippen molar-refractivity contribution in [2.45, 2.75) is 44.9 Å². The van der Waals surface area contributed by atoms with Crippen LogP contribution in [0.25, 0.3) is 0 Å². The van der Waals surface area contributed by atoms with Crippen LogP contribution < -0.4 is 10.1 Å². The van der Waals surface area contributed by atoms with Crippen molar-refractivity contribution in [3.05, 3.63) is 39.9 Å². The molecule has 0 unspecified atom stereocenters. The second-order valence-corrected chi connectivity index (χ2v) is 5.14. The first-order valence-electron chi connectivity index (χ1n) is 6.67. The lowest BCUT2D eigenvalue weighted by atomic mass is 9.92. The maximum atomic E-state index is 11.6. The Balaban J connectivity index is 2.36. The van der Waals surface area contributed by atoms with Gasteiger partial charge in [0, 0.05) is 23.3 Å². The molecule has 2 atom stereocenters. The van der Waals surface area contributed by atoms with Gasteiger partial charge < -0.3 is 10.1 Å². The van der Waals surface area contributed by atoms with E-state index in [-0.39, 0.29) is 29.8 Å². The van der Waals surface area contributed by atoms with E-state index < -0.39 is 12.1 Å². The van der Waals surface area contributed by atoms with E-state index in [9.17, 15) is 14.9 Å². The molecular weight excluding hydrogens is 260 g/mol. The Hall–Kier alpha value is -2.11. The van der Waals surface area contributed by atoms with Crippen LogP contribution in [0, 0.1) is 10.1 Å². The summed E-state index contributed by atoms with van der Waals surface area (Å²) in [4.78, 5) is 22.4. The molecule has 1 heterocycles. The van der Waals surface area contributed by atoms with Crippen molar-refractivity contribution in [3.8, 4) is 5.75 Å². The summed E-state index contributed by atoms with van der Waals surface area (Å²) in [5.74, 6) is 0.425. The smallest absolute Gasteiger partial charge is 0.237 e. The van der Waals surface area contributed by atoms with Gasteiger partial charge in [0.2, 0.25) is 11.9 Å². The van der Waals surface area contributed by atoms with Crippen LogP contribution in [0.5, 0.6) is 5.75 Å². The van der Waals surface area contributed by atoms with Crippen molar-refractivity contribution in [2.75, 3.05) is 0 Å². The number of nitro groups is 1. The molecule has 20 heavy (non-hydrogen) atoms. The predicted octanol–water partition coefficient (Wildman–Crippen LogP) is 2.07. The van der Waals surface area contributed by atoms with Gasteiger partial charge in [-0.05, 0) is 19.9 Å². The number of nitrogens with zero attached hydrogens (tertiary/aromatic N) is 1. The van der Waals surface area contributed by atoms with Crippen molar-refractivity contribution < 1.29 is 14.5 Å². The lowest BCUT2D eigenvalue weighted by molar-refractivity contribution is -0.529. The summed E-state index contributed by atoms with van der Waals surface area (Å²) >= 11 is 0. The van der Waals surface area contributed by atoms with Crippen LogP contribution in [0.4, 0.5) is 0 Å². The Morgan fingerprint density at radius 3 is 2.75 bits per heavy atom. The molecular formula is C14H18N2O4. The predicted molar refractivity (Wildman–Crippen MR) is 73.1 cm³/mol. The Bertz CT molecular complexity index is 516. The molecule has 1 aliphatic rings. The van der Waals surface area contributed by atoms with Gasteiger partial charge >= 0.3 is 0 Å². The lowest BCUT2D eigenvalue weighted by Crippen LogP contribution is -2.45. The fourth-order valence-corrected chi connectivity index (χ4v) is 2.40. The molecule has 1 saturated heterocycles. The zero-order chi connectivity index (χ0) is 14.7. The molecule has 0 aromatic heterocycles. The minimum Gasteiger partial charge on any atom is -0.491 e. The fraction of sp³-hybridized carbons (Fsp3) is 0.500. The second-order valence-electron chi connectivity index (χ2n) is 5.14. The van der Waals surface area contributed by atoms with Crippen molar-refractivity contribution in [1.82, 2.24) is 5.32 Å². The zero-order valence-electron chi connectivity index (χ0n) is 11.5. The molecule has 0 bridgehead atoms. The van der Waals surface area contributed by atoms with Crippen LogP contribution in [0.15, 0.2) is 24.3 Å². The molecule has 6 nitrogen and oxygen atoms in total. The summed E-state index contributed by atoms with van der Waals surface area (Å²) in [6, 6.07) is 5.69. The normalized spacial score (nSPS) is 22.4. The average Bonchev–Trinajstić information content (AvgIpc) is 2.38. The number of hydrogen-bond acceptors (Lipinski definition) is 4. The van der Waals surface area contributed by atoms with Gasteiger partial charge in [-0.25, -0.2) is 0 Å². The van der Waals surface area contributed by atoms with Gasteiger partial charge in [0.15, 0.2) is 0 Å². The standard InChI is InChI=1S/C14H18N2O4/c1-9(2)20-12-6-4-3-5-10(12)14-11(16(18)19)7-8-13(17)15-14/h3-6,9,11,14H,7-8H2,1-2H3,(H,15,17)/t11-,14-/m0/s1. The molecule has 1 aromatic carbocycles. The molecule has 0 spiro atoms. The van der Waals surface area contributed by atoms with Gasteiger partial charge in [-0.15, -0.1) is 0 Å². The number of piperidine rings is 1. The monoisotopic (exact) mass is 278 g/mol. The summed E-state index contributed by atoms with van der Waals surface area (Å²) in [6.45, 7) is 3.78. The molecule has 0 radical (unpaired) electrons. The third-order valence-electron chi connectivity index (χ3n) is 3.26. The van der Waals surface area contributed by atoms with E-state index in [0.29, 0.717) is 11.3 Å². The molecule has 1 fully saturated rings. The third-order valence-corrected chi connectivity index (χ3v) is 3.26. The summed E-state index contributed by atoms with van der Waals surface area (Å²) in [5.41, 5.74) is 0.663. The fourth-order valence-electron chi connectivity index (χ4n) is 2.40. The minimum atomic E-state index is -0.815. The quantitative estimate of drug-likeness (QED) is 0.675. The molecule has 1 N–H and O–H groups in total. The van der Waals surface area contributed by atoms with Gasteiger partial charge in [-0.1, -0.05) is 18.2 Å². The van der Waals surface area contributed by atoms with E-state index in [1.54, 1.807) is 18.2 Å². The first-order valence-corrected chi connectivity index (χ1v) is 6.67. The Morgan fingerprint density at radius 1 is 1.40 bits per heavy atom. The highest BCUT2D eigenvalue weighted by molar-refractivity contribution is 5.77. The molecule has 2 rings (SSSR count). The zero-order valence-corrected chi connectivity index (χ0v) is 11.5. The number of amides is 1. The highest BCUT2D eigenvalue weighted by atomic mass is 16.6. The average molecular weight is 278 g/mol. The Kier molecular flexibility index (Phi) is 4.22. The van der Waals surface area contributed by atoms with Crippen LogP contribution in [-0.2, 0) is 4.79 Å². The Morgan fingerprint density at radius 2 is 2.10 bits per heavy atom. The number of nitrogens with one attached hydrogen (secondary N) is 1. The van der Waals surface area contributed by atoms with Gasteiger partial charge in [0.25, 0.3) is 0 Å². The van der Waals surface area contributed by atoms with Gasteiger partial charge in [0.1, 0.15) is 11.8 Å². The van der Waals surface area contributed by atoms with Crippen LogP contribution in [0.1, 0.15) is 38.3 Å². The van der Waals surface area contributed by atoms with E-state index >= 15 is 0 Å². The summed E-state index contributed by atoms with van der Waals surface area (Å²) in [6.07, 6.45) is 0.402. The van der Waals surface area contributed by atoms with Crippen LogP contribution in [0.3, 0.4) is 0 Å². The van der Waals surface area contributed by atoms with E-state index in [1.165, 1.54) is 0 Å². The van der Waals surface area contributed by atoms with Gasteiger partial charge in [-0.2, -0.15) is 0 Å². The molecule has 6 heteroatoms. The molecule has 0 aliphatic carbocycles. The summed E-state index contributed by atoms with van der Waals surface area (Å²) < 4.78 is 5.69. The molecule has 1 aliphatic heterocycles. The van der Waals surface area contributed by atoms with Crippen molar-refractivity contribution in [3.63, 3.8) is 0 Å². The van der Waals surface area contributed by atoms with Gasteiger partial charge in [-0.3, -0.25) is 14.9 Å².